The van der Waals surface area contributed by atoms with Gasteiger partial charge in [-0.05, 0) is 25.3 Å². The summed E-state index contributed by atoms with van der Waals surface area (Å²) < 4.78 is 16.6. The van der Waals surface area contributed by atoms with Crippen LogP contribution < -0.4 is 10.6 Å². The van der Waals surface area contributed by atoms with Gasteiger partial charge in [0, 0.05) is 33.4 Å². The van der Waals surface area contributed by atoms with Gasteiger partial charge in [0.05, 0.1) is 19.3 Å². The zero-order valence-corrected chi connectivity index (χ0v) is 18.1. The zero-order chi connectivity index (χ0) is 17.7. The summed E-state index contributed by atoms with van der Waals surface area (Å²) >= 11 is 0. The molecular weight excluding hydrogens is 445 g/mol. The van der Waals surface area contributed by atoms with Crippen molar-refractivity contribution in [1.29, 1.82) is 0 Å². The minimum atomic E-state index is -0.0395. The number of guanidine groups is 1. The van der Waals surface area contributed by atoms with E-state index in [1.807, 2.05) is 18.2 Å². The van der Waals surface area contributed by atoms with E-state index in [1.54, 1.807) is 7.11 Å². The summed E-state index contributed by atoms with van der Waals surface area (Å²) in [5.74, 6) is 0.810. The summed E-state index contributed by atoms with van der Waals surface area (Å²) in [4.78, 5) is 4.64. The maximum atomic E-state index is 5.77. The third-order valence-electron chi connectivity index (χ3n) is 4.07. The van der Waals surface area contributed by atoms with Crippen LogP contribution >= 0.6 is 24.0 Å². The van der Waals surface area contributed by atoms with Crippen molar-refractivity contribution in [2.24, 2.45) is 4.99 Å². The Labute approximate surface area is 174 Å². The van der Waals surface area contributed by atoms with E-state index in [-0.39, 0.29) is 36.2 Å². The molecule has 1 saturated heterocycles. The van der Waals surface area contributed by atoms with Crippen molar-refractivity contribution in [3.63, 3.8) is 0 Å². The monoisotopic (exact) mass is 477 g/mol. The molecule has 0 bridgehead atoms. The third-order valence-corrected chi connectivity index (χ3v) is 4.07. The number of ether oxygens (including phenoxy) is 3. The molecule has 2 unspecified atom stereocenters. The number of hydrogen-bond acceptors (Lipinski definition) is 4. The summed E-state index contributed by atoms with van der Waals surface area (Å²) in [6.07, 6.45) is 2.18. The highest BCUT2D eigenvalue weighted by molar-refractivity contribution is 14.0. The number of aliphatic imine (C=N–C) groups is 1. The number of methoxy groups -OCH3 is 1. The van der Waals surface area contributed by atoms with Gasteiger partial charge in [-0.1, -0.05) is 30.3 Å². The highest BCUT2D eigenvalue weighted by Gasteiger charge is 2.15. The largest absolute Gasteiger partial charge is 0.379 e. The van der Waals surface area contributed by atoms with Crippen molar-refractivity contribution >= 4 is 29.9 Å². The first kappa shape index (κ1) is 23.1. The molecule has 2 N–H and O–H groups in total. The third kappa shape index (κ3) is 8.66. The second kappa shape index (κ2) is 14.2. The molecular formula is C19H32IN3O3. The number of nitrogens with one attached hydrogen (secondary N) is 2. The second-order valence-corrected chi connectivity index (χ2v) is 5.99. The molecule has 26 heavy (non-hydrogen) atoms. The average Bonchev–Trinajstić information content (AvgIpc) is 3.16. The quantitative estimate of drug-likeness (QED) is 0.235. The molecule has 1 aliphatic heterocycles. The fraction of sp³-hybridized carbons (Fsp3) is 0.632. The summed E-state index contributed by atoms with van der Waals surface area (Å²) in [7, 11) is 1.72. The predicted molar refractivity (Wildman–Crippen MR) is 115 cm³/mol. The lowest BCUT2D eigenvalue weighted by Crippen LogP contribution is -2.38. The Bertz CT molecular complexity index is 496. The standard InChI is InChI=1S/C19H31N3O3.HI/c1-3-20-19(21-11-7-12-25-17-10-13-24-15-17)22-14-18(23-2)16-8-5-4-6-9-16;/h4-6,8-9,17-18H,3,7,10-15H2,1-2H3,(H2,20,21,22);1H. The molecule has 1 aromatic carbocycles. The first-order chi connectivity index (χ1) is 12.3. The lowest BCUT2D eigenvalue weighted by Gasteiger charge is -2.16. The van der Waals surface area contributed by atoms with E-state index in [9.17, 15) is 0 Å². The minimum Gasteiger partial charge on any atom is -0.379 e. The van der Waals surface area contributed by atoms with E-state index in [2.05, 4.69) is 34.7 Å². The van der Waals surface area contributed by atoms with Crippen molar-refractivity contribution < 1.29 is 14.2 Å². The molecule has 1 aromatic rings. The summed E-state index contributed by atoms with van der Waals surface area (Å²) in [6.45, 7) is 6.58. The molecule has 2 rings (SSSR count). The van der Waals surface area contributed by atoms with Crippen molar-refractivity contribution in [2.75, 3.05) is 46.6 Å². The van der Waals surface area contributed by atoms with Gasteiger partial charge in [0.25, 0.3) is 0 Å². The van der Waals surface area contributed by atoms with Crippen molar-refractivity contribution in [2.45, 2.75) is 32.0 Å². The van der Waals surface area contributed by atoms with Gasteiger partial charge in [-0.25, -0.2) is 0 Å². The molecule has 0 amide bonds. The van der Waals surface area contributed by atoms with Gasteiger partial charge < -0.3 is 24.8 Å². The van der Waals surface area contributed by atoms with E-state index in [0.29, 0.717) is 6.54 Å². The molecule has 1 fully saturated rings. The fourth-order valence-electron chi connectivity index (χ4n) is 2.67. The van der Waals surface area contributed by atoms with Crippen LogP contribution in [0.3, 0.4) is 0 Å². The van der Waals surface area contributed by atoms with Crippen LogP contribution in [-0.2, 0) is 14.2 Å². The van der Waals surface area contributed by atoms with Crippen LogP contribution in [0.15, 0.2) is 35.3 Å². The van der Waals surface area contributed by atoms with Crippen molar-refractivity contribution in [1.82, 2.24) is 10.6 Å². The minimum absolute atomic E-state index is 0. The van der Waals surface area contributed by atoms with Gasteiger partial charge in [-0.15, -0.1) is 24.0 Å². The van der Waals surface area contributed by atoms with E-state index in [0.717, 1.165) is 57.3 Å². The van der Waals surface area contributed by atoms with E-state index in [1.165, 1.54) is 0 Å². The maximum Gasteiger partial charge on any atom is 0.191 e. The molecule has 0 spiro atoms. The Morgan fingerprint density at radius 2 is 2.12 bits per heavy atom. The fourth-order valence-corrected chi connectivity index (χ4v) is 2.67. The summed E-state index contributed by atoms with van der Waals surface area (Å²) in [5, 5.41) is 6.62. The topological polar surface area (TPSA) is 64.1 Å². The summed E-state index contributed by atoms with van der Waals surface area (Å²) in [6, 6.07) is 10.2. The van der Waals surface area contributed by atoms with E-state index < -0.39 is 0 Å². The van der Waals surface area contributed by atoms with Crippen molar-refractivity contribution in [3.05, 3.63) is 35.9 Å². The molecule has 2 atom stereocenters. The van der Waals surface area contributed by atoms with Gasteiger partial charge in [0.2, 0.25) is 0 Å². The molecule has 0 radical (unpaired) electrons. The average molecular weight is 477 g/mol. The lowest BCUT2D eigenvalue weighted by atomic mass is 10.1. The predicted octanol–water partition coefficient (Wildman–Crippen LogP) is 2.74. The smallest absolute Gasteiger partial charge is 0.191 e. The Hall–Kier alpha value is -0.900. The highest BCUT2D eigenvalue weighted by atomic mass is 127. The molecule has 1 aliphatic rings. The SMILES string of the molecule is CCNC(=NCC(OC)c1ccccc1)NCCCOC1CCOC1.I. The Morgan fingerprint density at radius 1 is 1.31 bits per heavy atom. The van der Waals surface area contributed by atoms with Crippen LogP contribution in [0.2, 0.25) is 0 Å². The molecule has 0 aromatic heterocycles. The first-order valence-electron chi connectivity index (χ1n) is 9.12. The van der Waals surface area contributed by atoms with E-state index >= 15 is 0 Å². The van der Waals surface area contributed by atoms with Gasteiger partial charge >= 0.3 is 0 Å². The first-order valence-corrected chi connectivity index (χ1v) is 9.12. The van der Waals surface area contributed by atoms with Gasteiger partial charge in [-0.3, -0.25) is 4.99 Å². The van der Waals surface area contributed by atoms with Crippen LogP contribution in [0.4, 0.5) is 0 Å². The number of benzene rings is 1. The maximum absolute atomic E-state index is 5.77. The van der Waals surface area contributed by atoms with E-state index in [4.69, 9.17) is 14.2 Å². The lowest BCUT2D eigenvalue weighted by molar-refractivity contribution is 0.0420. The number of hydrogen-bond donors (Lipinski definition) is 2. The van der Waals surface area contributed by atoms with Crippen molar-refractivity contribution in [3.8, 4) is 0 Å². The summed E-state index contributed by atoms with van der Waals surface area (Å²) in [5.41, 5.74) is 1.14. The van der Waals surface area contributed by atoms with Crippen LogP contribution in [-0.4, -0.2) is 58.6 Å². The molecule has 0 saturated carbocycles. The van der Waals surface area contributed by atoms with Crippen LogP contribution in [0.1, 0.15) is 31.4 Å². The van der Waals surface area contributed by atoms with Crippen LogP contribution in [0.25, 0.3) is 0 Å². The molecule has 148 valence electrons. The number of rotatable bonds is 10. The highest BCUT2D eigenvalue weighted by Crippen LogP contribution is 2.16. The van der Waals surface area contributed by atoms with Gasteiger partial charge in [0.1, 0.15) is 6.10 Å². The molecule has 0 aliphatic carbocycles. The Morgan fingerprint density at radius 3 is 2.77 bits per heavy atom. The van der Waals surface area contributed by atoms with Crippen LogP contribution in [0.5, 0.6) is 0 Å². The Kier molecular flexibility index (Phi) is 12.6. The number of halogens is 1. The molecule has 6 nitrogen and oxygen atoms in total. The zero-order valence-electron chi connectivity index (χ0n) is 15.8. The van der Waals surface area contributed by atoms with Crippen LogP contribution in [0, 0.1) is 0 Å². The molecule has 7 heteroatoms. The second-order valence-electron chi connectivity index (χ2n) is 5.99. The van der Waals surface area contributed by atoms with Gasteiger partial charge in [-0.2, -0.15) is 0 Å². The number of nitrogens with zero attached hydrogens (tertiary/aromatic N) is 1. The normalized spacial score (nSPS) is 18.2. The van der Waals surface area contributed by atoms with Gasteiger partial charge in [0.15, 0.2) is 5.96 Å². The molecule has 1 heterocycles. The Balaban J connectivity index is 0.00000338.